The van der Waals surface area contributed by atoms with Crippen molar-refractivity contribution in [2.75, 3.05) is 12.4 Å². The molecule has 1 N–H and O–H groups in total. The summed E-state index contributed by atoms with van der Waals surface area (Å²) in [5, 5.41) is 2.38. The number of anilines is 1. The van der Waals surface area contributed by atoms with Crippen LogP contribution in [0.3, 0.4) is 0 Å². The zero-order valence-corrected chi connectivity index (χ0v) is 7.61. The zero-order valence-electron chi connectivity index (χ0n) is 7.61. The molecule has 70 valence electrons. The van der Waals surface area contributed by atoms with Crippen LogP contribution in [-0.4, -0.2) is 27.3 Å². The van der Waals surface area contributed by atoms with Gasteiger partial charge in [-0.05, 0) is 6.07 Å². The minimum atomic E-state index is -0.640. The van der Waals surface area contributed by atoms with Crippen LogP contribution in [0.25, 0.3) is 0 Å². The van der Waals surface area contributed by atoms with E-state index in [-0.39, 0.29) is 0 Å². The third-order valence-corrected chi connectivity index (χ3v) is 1.63. The summed E-state index contributed by atoms with van der Waals surface area (Å²) in [6.07, 6.45) is -0.0104. The predicted octanol–water partition coefficient (Wildman–Crippen LogP) is 0.471. The Bertz CT molecular complexity index is 365. The maximum atomic E-state index is 10.9. The van der Waals surface area contributed by atoms with Crippen molar-refractivity contribution in [3.8, 4) is 0 Å². The Morgan fingerprint density at radius 3 is 2.86 bits per heavy atom. The molecule has 1 rings (SSSR count). The van der Waals surface area contributed by atoms with Crippen LogP contribution in [0.1, 0.15) is 10.4 Å². The Labute approximate surface area is 82.7 Å². The first-order valence-electron chi connectivity index (χ1n) is 3.87. The molecule has 0 bridgehead atoms. The highest BCUT2D eigenvalue weighted by molar-refractivity contribution is 6.32. The summed E-state index contributed by atoms with van der Waals surface area (Å²) in [4.78, 5) is 21.4. The largest absolute Gasteiger partial charge is 0.453 e. The molecule has 5 heteroatoms. The van der Waals surface area contributed by atoms with Crippen molar-refractivity contribution < 1.29 is 14.3 Å². The number of benzene rings is 1. The number of hydrogen-bond donors (Lipinski definition) is 1. The van der Waals surface area contributed by atoms with E-state index in [1.165, 1.54) is 19.2 Å². The maximum absolute atomic E-state index is 10.9. The standard InChI is InChI=1S/C9H8BNO3/c1-14-9(13)11-8-4-7(10)3-2-6(8)5-12/h2-5H,1H3,(H,11,13). The average Bonchev–Trinajstić information content (AvgIpc) is 2.18. The molecule has 0 spiro atoms. The SMILES string of the molecule is [B]c1ccc(C=O)c(NC(=O)OC)c1. The molecule has 0 aliphatic rings. The number of rotatable bonds is 2. The fraction of sp³-hybridized carbons (Fsp3) is 0.111. The van der Waals surface area contributed by atoms with Gasteiger partial charge in [-0.15, -0.1) is 0 Å². The van der Waals surface area contributed by atoms with Gasteiger partial charge in [0.05, 0.1) is 12.8 Å². The van der Waals surface area contributed by atoms with Gasteiger partial charge < -0.3 is 4.74 Å². The minimum absolute atomic E-state index is 0.340. The molecule has 0 aliphatic carbocycles. The number of hydrogen-bond acceptors (Lipinski definition) is 3. The van der Waals surface area contributed by atoms with E-state index < -0.39 is 6.09 Å². The molecule has 0 saturated carbocycles. The lowest BCUT2D eigenvalue weighted by Crippen LogP contribution is -2.15. The van der Waals surface area contributed by atoms with Crippen molar-refractivity contribution in [2.24, 2.45) is 0 Å². The summed E-state index contributed by atoms with van der Waals surface area (Å²) in [5.41, 5.74) is 1.15. The molecule has 0 fully saturated rings. The van der Waals surface area contributed by atoms with Crippen molar-refractivity contribution in [1.82, 2.24) is 0 Å². The van der Waals surface area contributed by atoms with Crippen molar-refractivity contribution in [1.29, 1.82) is 0 Å². The molecule has 14 heavy (non-hydrogen) atoms. The van der Waals surface area contributed by atoms with Crippen LogP contribution in [0, 0.1) is 0 Å². The zero-order chi connectivity index (χ0) is 10.6. The van der Waals surface area contributed by atoms with Crippen molar-refractivity contribution in [3.63, 3.8) is 0 Å². The third kappa shape index (κ3) is 2.35. The second-order valence-electron chi connectivity index (χ2n) is 2.58. The van der Waals surface area contributed by atoms with Crippen molar-refractivity contribution in [3.05, 3.63) is 23.8 Å². The van der Waals surface area contributed by atoms with Crippen molar-refractivity contribution in [2.45, 2.75) is 0 Å². The summed E-state index contributed by atoms with van der Waals surface area (Å²) in [6.45, 7) is 0. The molecule has 1 aromatic carbocycles. The number of methoxy groups -OCH3 is 1. The lowest BCUT2D eigenvalue weighted by molar-refractivity contribution is 0.112. The molecule has 0 aliphatic heterocycles. The van der Waals surface area contributed by atoms with Crippen LogP contribution >= 0.6 is 0 Å². The van der Waals surface area contributed by atoms with Gasteiger partial charge in [-0.25, -0.2) is 4.79 Å². The molecule has 1 amide bonds. The lowest BCUT2D eigenvalue weighted by Gasteiger charge is -2.06. The lowest BCUT2D eigenvalue weighted by atomic mass is 9.94. The normalized spacial score (nSPS) is 9.21. The third-order valence-electron chi connectivity index (χ3n) is 1.63. The van der Waals surface area contributed by atoms with E-state index in [0.717, 1.165) is 0 Å². The van der Waals surface area contributed by atoms with Gasteiger partial charge in [0.1, 0.15) is 7.85 Å². The Kier molecular flexibility index (Phi) is 3.28. The molecular weight excluding hydrogens is 181 g/mol. The molecule has 0 atom stereocenters. The summed E-state index contributed by atoms with van der Waals surface area (Å²) in [7, 11) is 6.73. The summed E-state index contributed by atoms with van der Waals surface area (Å²) < 4.78 is 4.39. The Morgan fingerprint density at radius 1 is 1.57 bits per heavy atom. The van der Waals surface area contributed by atoms with Gasteiger partial charge in [0.15, 0.2) is 6.29 Å². The molecule has 4 nitrogen and oxygen atoms in total. The van der Waals surface area contributed by atoms with Gasteiger partial charge in [0, 0.05) is 5.56 Å². The molecule has 1 aromatic rings. The van der Waals surface area contributed by atoms with Crippen LogP contribution in [0.5, 0.6) is 0 Å². The highest BCUT2D eigenvalue weighted by Gasteiger charge is 2.05. The Morgan fingerprint density at radius 2 is 2.29 bits per heavy atom. The fourth-order valence-corrected chi connectivity index (χ4v) is 0.946. The molecule has 0 saturated heterocycles. The van der Waals surface area contributed by atoms with Crippen molar-refractivity contribution >= 4 is 31.4 Å². The summed E-state index contributed by atoms with van der Waals surface area (Å²) >= 11 is 0. The van der Waals surface area contributed by atoms with E-state index in [4.69, 9.17) is 7.85 Å². The van der Waals surface area contributed by atoms with E-state index >= 15 is 0 Å². The van der Waals surface area contributed by atoms with Crippen LogP contribution in [0.15, 0.2) is 18.2 Å². The van der Waals surface area contributed by atoms with E-state index in [0.29, 0.717) is 23.0 Å². The number of nitrogens with one attached hydrogen (secondary N) is 1. The molecule has 0 heterocycles. The Balaban J connectivity index is 2.98. The predicted molar refractivity (Wildman–Crippen MR) is 53.2 cm³/mol. The van der Waals surface area contributed by atoms with Gasteiger partial charge >= 0.3 is 6.09 Å². The number of carbonyl (C=O) groups excluding carboxylic acids is 2. The van der Waals surface area contributed by atoms with Gasteiger partial charge in [-0.2, -0.15) is 0 Å². The minimum Gasteiger partial charge on any atom is -0.453 e. The molecule has 0 aromatic heterocycles. The van der Waals surface area contributed by atoms with Crippen LogP contribution in [-0.2, 0) is 4.74 Å². The smallest absolute Gasteiger partial charge is 0.411 e. The quantitative estimate of drug-likeness (QED) is 0.543. The topological polar surface area (TPSA) is 55.4 Å². The molecule has 0 unspecified atom stereocenters. The van der Waals surface area contributed by atoms with E-state index in [1.807, 2.05) is 0 Å². The monoisotopic (exact) mass is 189 g/mol. The fourth-order valence-electron chi connectivity index (χ4n) is 0.946. The first kappa shape index (κ1) is 10.3. The average molecular weight is 189 g/mol. The number of carbonyl (C=O) groups is 2. The second kappa shape index (κ2) is 4.46. The summed E-state index contributed by atoms with van der Waals surface area (Å²) in [6, 6.07) is 4.58. The first-order valence-corrected chi connectivity index (χ1v) is 3.87. The van der Waals surface area contributed by atoms with Gasteiger partial charge in [0.2, 0.25) is 0 Å². The first-order chi connectivity index (χ1) is 6.67. The maximum Gasteiger partial charge on any atom is 0.411 e. The van der Waals surface area contributed by atoms with Crippen LogP contribution in [0.2, 0.25) is 0 Å². The Hall–Kier alpha value is -1.78. The number of amides is 1. The second-order valence-corrected chi connectivity index (χ2v) is 2.58. The van der Waals surface area contributed by atoms with Gasteiger partial charge in [0.25, 0.3) is 0 Å². The number of aldehydes is 1. The highest BCUT2D eigenvalue weighted by atomic mass is 16.5. The molecule has 2 radical (unpaired) electrons. The van der Waals surface area contributed by atoms with E-state index in [2.05, 4.69) is 10.1 Å². The van der Waals surface area contributed by atoms with Crippen LogP contribution in [0.4, 0.5) is 10.5 Å². The van der Waals surface area contributed by atoms with Crippen LogP contribution < -0.4 is 10.8 Å². The van der Waals surface area contributed by atoms with E-state index in [9.17, 15) is 9.59 Å². The molecular formula is C9H8BNO3. The van der Waals surface area contributed by atoms with Gasteiger partial charge in [-0.1, -0.05) is 17.6 Å². The summed E-state index contributed by atoms with van der Waals surface area (Å²) in [5.74, 6) is 0. The number of ether oxygens (including phenoxy) is 1. The highest BCUT2D eigenvalue weighted by Crippen LogP contribution is 2.10. The van der Waals surface area contributed by atoms with Gasteiger partial charge in [-0.3, -0.25) is 10.1 Å². The van der Waals surface area contributed by atoms with E-state index in [1.54, 1.807) is 6.07 Å².